The molecule has 7 heteroatoms. The van der Waals surface area contributed by atoms with Crippen molar-refractivity contribution in [2.24, 2.45) is 0 Å². The van der Waals surface area contributed by atoms with Crippen molar-refractivity contribution in [2.75, 3.05) is 0 Å². The summed E-state index contributed by atoms with van der Waals surface area (Å²) in [4.78, 5) is 38.9. The van der Waals surface area contributed by atoms with Crippen LogP contribution in [0.2, 0.25) is 0 Å². The summed E-state index contributed by atoms with van der Waals surface area (Å²) < 4.78 is 5.12. The van der Waals surface area contributed by atoms with E-state index in [1.54, 1.807) is 32.9 Å². The van der Waals surface area contributed by atoms with E-state index in [2.05, 4.69) is 22.9 Å². The summed E-state index contributed by atoms with van der Waals surface area (Å²) in [7, 11) is 0. The lowest BCUT2D eigenvalue weighted by Crippen LogP contribution is -2.41. The molecule has 0 aromatic carbocycles. The highest BCUT2D eigenvalue weighted by atomic mass is 32.1. The second kappa shape index (κ2) is 7.21. The van der Waals surface area contributed by atoms with Crippen molar-refractivity contribution in [3.63, 3.8) is 0 Å². The highest BCUT2D eigenvalue weighted by Gasteiger charge is 2.25. The Balaban J connectivity index is 2.69. The van der Waals surface area contributed by atoms with Crippen molar-refractivity contribution in [2.45, 2.75) is 38.8 Å². The molecule has 0 aliphatic carbocycles. The molecule has 114 valence electrons. The predicted molar refractivity (Wildman–Crippen MR) is 79.9 cm³/mol. The van der Waals surface area contributed by atoms with Gasteiger partial charge in [-0.3, -0.25) is 19.4 Å². The summed E-state index contributed by atoms with van der Waals surface area (Å²) in [5.41, 5.74) is -0.365. The Morgan fingerprint density at radius 2 is 2.05 bits per heavy atom. The molecule has 1 aromatic rings. The van der Waals surface area contributed by atoms with Crippen molar-refractivity contribution < 1.29 is 19.1 Å². The van der Waals surface area contributed by atoms with E-state index in [1.165, 1.54) is 12.4 Å². The Labute approximate surface area is 128 Å². The average molecular weight is 310 g/mol. The van der Waals surface area contributed by atoms with Crippen molar-refractivity contribution >= 4 is 29.6 Å². The molecule has 0 spiro atoms. The molecule has 1 atom stereocenters. The molecule has 0 radical (unpaired) electrons. The molecule has 0 aliphatic heterocycles. The summed E-state index contributed by atoms with van der Waals surface area (Å²) in [5.74, 6) is -1.08. The van der Waals surface area contributed by atoms with Crippen LogP contribution in [0.25, 0.3) is 0 Å². The predicted octanol–water partition coefficient (Wildman–Crippen LogP) is 1.37. The van der Waals surface area contributed by atoms with Crippen LogP contribution >= 0.6 is 12.6 Å². The number of thiol groups is 1. The van der Waals surface area contributed by atoms with Gasteiger partial charge in [0.15, 0.2) is 0 Å². The molecule has 0 saturated carbocycles. The summed E-state index contributed by atoms with van der Waals surface area (Å²) in [6.07, 6.45) is 2.62. The number of esters is 1. The molecule has 1 aromatic heterocycles. The van der Waals surface area contributed by atoms with Gasteiger partial charge in [-0.1, -0.05) is 0 Å². The number of hydrogen-bond donors (Lipinski definition) is 2. The third kappa shape index (κ3) is 6.40. The van der Waals surface area contributed by atoms with Crippen LogP contribution in [0, 0.1) is 0 Å². The molecule has 1 heterocycles. The lowest BCUT2D eigenvalue weighted by atomic mass is 10.1. The fraction of sp³-hybridized carbons (Fsp3) is 0.429. The highest BCUT2D eigenvalue weighted by Crippen LogP contribution is 2.10. The second-order valence-electron chi connectivity index (χ2n) is 5.40. The molecule has 0 unspecified atom stereocenters. The zero-order valence-electron chi connectivity index (χ0n) is 12.1. The van der Waals surface area contributed by atoms with E-state index in [1.807, 2.05) is 0 Å². The van der Waals surface area contributed by atoms with Gasteiger partial charge in [-0.2, -0.15) is 0 Å². The van der Waals surface area contributed by atoms with E-state index in [4.69, 9.17) is 4.74 Å². The molecular formula is C14H18N2O4S. The van der Waals surface area contributed by atoms with E-state index in [-0.39, 0.29) is 6.42 Å². The van der Waals surface area contributed by atoms with Crippen LogP contribution in [-0.2, 0) is 14.3 Å². The number of hydrogen-bond acceptors (Lipinski definition) is 5. The maximum atomic E-state index is 11.9. The summed E-state index contributed by atoms with van der Waals surface area (Å²) in [6, 6.07) is 2.10. The van der Waals surface area contributed by atoms with Gasteiger partial charge in [0, 0.05) is 12.4 Å². The first kappa shape index (κ1) is 17.2. The number of rotatable bonds is 5. The van der Waals surface area contributed by atoms with Crippen LogP contribution in [0.5, 0.6) is 0 Å². The van der Waals surface area contributed by atoms with Crippen molar-refractivity contribution in [1.29, 1.82) is 0 Å². The van der Waals surface area contributed by atoms with Gasteiger partial charge in [-0.05, 0) is 32.9 Å². The van der Waals surface area contributed by atoms with Gasteiger partial charge < -0.3 is 10.1 Å². The number of nitrogens with zero attached hydrogens (tertiary/aromatic N) is 1. The summed E-state index contributed by atoms with van der Waals surface area (Å²) in [5, 5.41) is 1.83. The molecule has 0 saturated heterocycles. The average Bonchev–Trinajstić information content (AvgIpc) is 2.36. The third-order valence-electron chi connectivity index (χ3n) is 2.32. The van der Waals surface area contributed by atoms with E-state index in [0.717, 1.165) is 0 Å². The van der Waals surface area contributed by atoms with Crippen molar-refractivity contribution in [1.82, 2.24) is 10.3 Å². The largest absolute Gasteiger partial charge is 0.460 e. The van der Waals surface area contributed by atoms with Gasteiger partial charge in [-0.15, -0.1) is 12.6 Å². The van der Waals surface area contributed by atoms with Crippen LogP contribution in [0.15, 0.2) is 24.5 Å². The summed E-state index contributed by atoms with van der Waals surface area (Å²) >= 11 is 3.69. The Bertz CT molecular complexity index is 526. The fourth-order valence-corrected chi connectivity index (χ4v) is 1.64. The van der Waals surface area contributed by atoms with Crippen LogP contribution in [-0.4, -0.2) is 33.6 Å². The number of nitrogens with one attached hydrogen (secondary N) is 1. The van der Waals surface area contributed by atoms with Gasteiger partial charge in [0.05, 0.1) is 12.0 Å². The lowest BCUT2D eigenvalue weighted by molar-refractivity contribution is -0.155. The van der Waals surface area contributed by atoms with Crippen LogP contribution in [0.4, 0.5) is 0 Å². The first-order chi connectivity index (χ1) is 9.69. The van der Waals surface area contributed by atoms with Gasteiger partial charge in [0.1, 0.15) is 11.6 Å². The van der Waals surface area contributed by atoms with E-state index >= 15 is 0 Å². The number of amides is 1. The van der Waals surface area contributed by atoms with E-state index in [9.17, 15) is 14.4 Å². The minimum absolute atomic E-state index is 0.272. The topological polar surface area (TPSA) is 85.4 Å². The molecule has 0 fully saturated rings. The zero-order valence-corrected chi connectivity index (χ0v) is 13.0. The smallest absolute Gasteiger partial charge is 0.308 e. The second-order valence-corrected chi connectivity index (χ2v) is 5.84. The molecule has 1 rings (SSSR count). The SMILES string of the molecule is CC(C)(C)OC(=O)C[C@@H](NC(=O)c1cccnc1)C(=O)S. The van der Waals surface area contributed by atoms with Gasteiger partial charge >= 0.3 is 5.97 Å². The molecule has 0 aliphatic rings. The molecule has 1 amide bonds. The molecular weight excluding hydrogens is 292 g/mol. The Morgan fingerprint density at radius 3 is 2.52 bits per heavy atom. The monoisotopic (exact) mass is 310 g/mol. The van der Waals surface area contributed by atoms with Crippen molar-refractivity contribution in [3.8, 4) is 0 Å². The summed E-state index contributed by atoms with van der Waals surface area (Å²) in [6.45, 7) is 5.16. The lowest BCUT2D eigenvalue weighted by Gasteiger charge is -2.21. The Kier molecular flexibility index (Phi) is 5.90. The fourth-order valence-electron chi connectivity index (χ4n) is 1.49. The maximum Gasteiger partial charge on any atom is 0.308 e. The molecule has 0 bridgehead atoms. The third-order valence-corrected chi connectivity index (χ3v) is 2.63. The minimum Gasteiger partial charge on any atom is -0.460 e. The standard InChI is InChI=1S/C14H18N2O4S/c1-14(2,3)20-11(17)7-10(13(19)21)16-12(18)9-5-4-6-15-8-9/h4-6,8,10H,7H2,1-3H3,(H,16,18)(H,19,21)/t10-/m1/s1. The normalized spacial score (nSPS) is 12.4. The highest BCUT2D eigenvalue weighted by molar-refractivity contribution is 7.96. The minimum atomic E-state index is -1.05. The van der Waals surface area contributed by atoms with Crippen LogP contribution in [0.1, 0.15) is 37.6 Å². The maximum absolute atomic E-state index is 11.9. The Hall–Kier alpha value is -1.89. The first-order valence-electron chi connectivity index (χ1n) is 6.34. The first-order valence-corrected chi connectivity index (χ1v) is 6.79. The quantitative estimate of drug-likeness (QED) is 0.634. The number of carbonyl (C=O) groups excluding carboxylic acids is 3. The van der Waals surface area contributed by atoms with Crippen LogP contribution in [0.3, 0.4) is 0 Å². The van der Waals surface area contributed by atoms with Gasteiger partial charge in [0.25, 0.3) is 5.91 Å². The van der Waals surface area contributed by atoms with E-state index in [0.29, 0.717) is 5.56 Å². The number of carbonyl (C=O) groups is 3. The van der Waals surface area contributed by atoms with Crippen LogP contribution < -0.4 is 5.32 Å². The molecule has 1 N–H and O–H groups in total. The Morgan fingerprint density at radius 1 is 1.38 bits per heavy atom. The van der Waals surface area contributed by atoms with Crippen molar-refractivity contribution in [3.05, 3.63) is 30.1 Å². The molecule has 6 nitrogen and oxygen atoms in total. The van der Waals surface area contributed by atoms with Gasteiger partial charge in [-0.25, -0.2) is 0 Å². The van der Waals surface area contributed by atoms with E-state index < -0.39 is 28.6 Å². The number of pyridine rings is 1. The zero-order chi connectivity index (χ0) is 16.0. The number of aromatic nitrogens is 1. The van der Waals surface area contributed by atoms with Gasteiger partial charge in [0.2, 0.25) is 5.12 Å². The molecule has 21 heavy (non-hydrogen) atoms. The number of ether oxygens (including phenoxy) is 1.